The summed E-state index contributed by atoms with van der Waals surface area (Å²) in [4.78, 5) is 0.222. The molecule has 0 atom stereocenters. The predicted molar refractivity (Wildman–Crippen MR) is 91.0 cm³/mol. The van der Waals surface area contributed by atoms with Gasteiger partial charge in [-0.2, -0.15) is 0 Å². The number of rotatable bonds is 4. The topological polar surface area (TPSA) is 46.2 Å². The summed E-state index contributed by atoms with van der Waals surface area (Å²) in [5, 5.41) is 4.21. The molecule has 0 fully saturated rings. The zero-order chi connectivity index (χ0) is 15.6. The summed E-state index contributed by atoms with van der Waals surface area (Å²) in [7, 11) is -3.27. The van der Waals surface area contributed by atoms with Gasteiger partial charge in [-0.25, -0.2) is 8.42 Å². The predicted octanol–water partition coefficient (Wildman–Crippen LogP) is 4.77. The van der Waals surface area contributed by atoms with E-state index in [2.05, 4.69) is 21.2 Å². The fraction of sp³-hybridized carbons (Fsp3) is 0.143. The third-order valence-corrected chi connectivity index (χ3v) is 5.29. The molecule has 0 saturated heterocycles. The van der Waals surface area contributed by atoms with Gasteiger partial charge in [0.2, 0.25) is 0 Å². The van der Waals surface area contributed by atoms with Crippen molar-refractivity contribution in [3.63, 3.8) is 0 Å². The van der Waals surface area contributed by atoms with Crippen LogP contribution in [0.1, 0.15) is 5.56 Å². The molecule has 0 aliphatic carbocycles. The van der Waals surface area contributed by atoms with Crippen molar-refractivity contribution in [2.24, 2.45) is 0 Å². The molecule has 0 aliphatic heterocycles. The van der Waals surface area contributed by atoms with Crippen molar-refractivity contribution in [2.75, 3.05) is 11.6 Å². The Morgan fingerprint density at radius 2 is 1.86 bits per heavy atom. The average Bonchev–Trinajstić information content (AvgIpc) is 2.40. The van der Waals surface area contributed by atoms with E-state index >= 15 is 0 Å². The number of hydrogen-bond acceptors (Lipinski definition) is 3. The summed E-state index contributed by atoms with van der Waals surface area (Å²) in [6.45, 7) is 0.466. The molecule has 0 radical (unpaired) electrons. The molecule has 2 aromatic rings. The first-order valence-electron chi connectivity index (χ1n) is 5.95. The van der Waals surface area contributed by atoms with E-state index in [0.717, 1.165) is 16.3 Å². The first kappa shape index (κ1) is 16.6. The molecule has 2 rings (SSSR count). The summed E-state index contributed by atoms with van der Waals surface area (Å²) in [5.74, 6) is 0. The van der Waals surface area contributed by atoms with E-state index in [0.29, 0.717) is 22.3 Å². The number of anilines is 1. The van der Waals surface area contributed by atoms with Crippen molar-refractivity contribution < 1.29 is 8.42 Å². The summed E-state index contributed by atoms with van der Waals surface area (Å²) in [6, 6.07) is 10.0. The molecule has 0 aliphatic rings. The maximum atomic E-state index is 11.6. The smallest absolute Gasteiger partial charge is 0.175 e. The van der Waals surface area contributed by atoms with Crippen molar-refractivity contribution in [1.82, 2.24) is 0 Å². The van der Waals surface area contributed by atoms with Crippen LogP contribution in [0.15, 0.2) is 45.8 Å². The lowest BCUT2D eigenvalue weighted by molar-refractivity contribution is 0.602. The SMILES string of the molecule is CS(=O)(=O)c1ccc(Cl)c(NCc2cc(Cl)ccc2Br)c1. The number of sulfone groups is 1. The zero-order valence-corrected chi connectivity index (χ0v) is 14.9. The molecular formula is C14H12BrCl2NO2S. The van der Waals surface area contributed by atoms with Crippen molar-refractivity contribution in [3.05, 3.63) is 56.5 Å². The highest BCUT2D eigenvalue weighted by Crippen LogP contribution is 2.27. The molecule has 112 valence electrons. The molecule has 0 amide bonds. The van der Waals surface area contributed by atoms with Crippen LogP contribution in [0.2, 0.25) is 10.0 Å². The van der Waals surface area contributed by atoms with Crippen LogP contribution in [0.3, 0.4) is 0 Å². The maximum absolute atomic E-state index is 11.6. The van der Waals surface area contributed by atoms with E-state index in [9.17, 15) is 8.42 Å². The van der Waals surface area contributed by atoms with E-state index in [1.807, 2.05) is 12.1 Å². The molecule has 0 spiro atoms. The van der Waals surface area contributed by atoms with Gasteiger partial charge in [-0.3, -0.25) is 0 Å². The van der Waals surface area contributed by atoms with Gasteiger partial charge < -0.3 is 5.32 Å². The molecule has 0 heterocycles. The summed E-state index contributed by atoms with van der Waals surface area (Å²) in [5.41, 5.74) is 1.51. The second-order valence-corrected chi connectivity index (χ2v) is 8.22. The van der Waals surface area contributed by atoms with Gasteiger partial charge in [0.1, 0.15) is 0 Å². The highest BCUT2D eigenvalue weighted by Gasteiger charge is 2.10. The van der Waals surface area contributed by atoms with E-state index in [4.69, 9.17) is 23.2 Å². The summed E-state index contributed by atoms with van der Waals surface area (Å²) in [6.07, 6.45) is 1.16. The van der Waals surface area contributed by atoms with Crippen molar-refractivity contribution in [3.8, 4) is 0 Å². The second kappa shape index (κ2) is 6.57. The third kappa shape index (κ3) is 4.36. The summed E-state index contributed by atoms with van der Waals surface area (Å²) < 4.78 is 24.1. The van der Waals surface area contributed by atoms with Gasteiger partial charge in [0.25, 0.3) is 0 Å². The highest BCUT2D eigenvalue weighted by atomic mass is 79.9. The van der Waals surface area contributed by atoms with Crippen LogP contribution in [-0.4, -0.2) is 14.7 Å². The minimum absolute atomic E-state index is 0.222. The van der Waals surface area contributed by atoms with Gasteiger partial charge in [0.15, 0.2) is 9.84 Å². The average molecular weight is 409 g/mol. The van der Waals surface area contributed by atoms with Gasteiger partial charge in [-0.15, -0.1) is 0 Å². The van der Waals surface area contributed by atoms with E-state index in [1.54, 1.807) is 12.1 Å². The molecular weight excluding hydrogens is 397 g/mol. The van der Waals surface area contributed by atoms with E-state index in [-0.39, 0.29) is 4.90 Å². The molecule has 0 unspecified atom stereocenters. The number of hydrogen-bond donors (Lipinski definition) is 1. The Labute approximate surface area is 142 Å². The minimum atomic E-state index is -3.27. The third-order valence-electron chi connectivity index (χ3n) is 2.84. The van der Waals surface area contributed by atoms with Gasteiger partial charge >= 0.3 is 0 Å². The maximum Gasteiger partial charge on any atom is 0.175 e. The first-order valence-corrected chi connectivity index (χ1v) is 9.39. The number of nitrogens with one attached hydrogen (secondary N) is 1. The van der Waals surface area contributed by atoms with Crippen molar-refractivity contribution in [1.29, 1.82) is 0 Å². The molecule has 7 heteroatoms. The standard InChI is InChI=1S/C14H12BrCl2NO2S/c1-21(19,20)11-3-5-13(17)14(7-11)18-8-9-6-10(16)2-4-12(9)15/h2-7,18H,8H2,1H3. The lowest BCUT2D eigenvalue weighted by atomic mass is 10.2. The lowest BCUT2D eigenvalue weighted by Crippen LogP contribution is -2.03. The molecule has 2 aromatic carbocycles. The molecule has 1 N–H and O–H groups in total. The summed E-state index contributed by atoms with van der Waals surface area (Å²) >= 11 is 15.5. The van der Waals surface area contributed by atoms with Crippen LogP contribution in [0.5, 0.6) is 0 Å². The van der Waals surface area contributed by atoms with E-state index in [1.165, 1.54) is 12.1 Å². The molecule has 0 saturated carbocycles. The molecule has 0 aromatic heterocycles. The number of benzene rings is 2. The fourth-order valence-corrected chi connectivity index (χ4v) is 3.15. The lowest BCUT2D eigenvalue weighted by Gasteiger charge is -2.11. The minimum Gasteiger partial charge on any atom is -0.380 e. The van der Waals surface area contributed by atoms with Crippen molar-refractivity contribution in [2.45, 2.75) is 11.4 Å². The monoisotopic (exact) mass is 407 g/mol. The Balaban J connectivity index is 2.26. The first-order chi connectivity index (χ1) is 9.77. The van der Waals surface area contributed by atoms with Crippen LogP contribution < -0.4 is 5.32 Å². The molecule has 0 bridgehead atoms. The quantitative estimate of drug-likeness (QED) is 0.792. The van der Waals surface area contributed by atoms with Crippen LogP contribution in [0, 0.1) is 0 Å². The van der Waals surface area contributed by atoms with Crippen LogP contribution in [0.4, 0.5) is 5.69 Å². The Morgan fingerprint density at radius 1 is 1.14 bits per heavy atom. The van der Waals surface area contributed by atoms with Gasteiger partial charge in [0.05, 0.1) is 15.6 Å². The molecule has 3 nitrogen and oxygen atoms in total. The zero-order valence-electron chi connectivity index (χ0n) is 11.0. The van der Waals surface area contributed by atoms with E-state index < -0.39 is 9.84 Å². The fourth-order valence-electron chi connectivity index (χ4n) is 1.74. The normalized spacial score (nSPS) is 11.4. The Morgan fingerprint density at radius 3 is 2.52 bits per heavy atom. The van der Waals surface area contributed by atoms with Crippen molar-refractivity contribution >= 4 is 54.7 Å². The van der Waals surface area contributed by atoms with Gasteiger partial charge in [-0.1, -0.05) is 39.1 Å². The molecule has 21 heavy (non-hydrogen) atoms. The van der Waals surface area contributed by atoms with Crippen LogP contribution in [0.25, 0.3) is 0 Å². The van der Waals surface area contributed by atoms with Crippen LogP contribution >= 0.6 is 39.1 Å². The second-order valence-electron chi connectivity index (χ2n) is 4.50. The Hall–Kier alpha value is -0.750. The largest absolute Gasteiger partial charge is 0.380 e. The highest BCUT2D eigenvalue weighted by molar-refractivity contribution is 9.10. The Kier molecular flexibility index (Phi) is 5.20. The number of halogens is 3. The van der Waals surface area contributed by atoms with Crippen LogP contribution in [-0.2, 0) is 16.4 Å². The Bertz CT molecular complexity index is 779. The van der Waals surface area contributed by atoms with Gasteiger partial charge in [0, 0.05) is 22.3 Å². The van der Waals surface area contributed by atoms with Gasteiger partial charge in [-0.05, 0) is 42.0 Å².